The number of aromatic nitrogens is 2. The number of hydrogen-bond acceptors (Lipinski definition) is 1. The van der Waals surface area contributed by atoms with Crippen LogP contribution in [0, 0.1) is 10.8 Å². The first-order chi connectivity index (χ1) is 14.0. The zero-order chi connectivity index (χ0) is 21.7. The molecule has 0 spiro atoms. The molecule has 0 saturated heterocycles. The third-order valence-electron chi connectivity index (χ3n) is 6.14. The quantitative estimate of drug-likeness (QED) is 0.438. The molecule has 0 saturated carbocycles. The fourth-order valence-electron chi connectivity index (χ4n) is 4.60. The summed E-state index contributed by atoms with van der Waals surface area (Å²) in [7, 11) is 0. The summed E-state index contributed by atoms with van der Waals surface area (Å²) in [5.74, 6) is 0.439. The van der Waals surface area contributed by atoms with Crippen LogP contribution in [0.5, 0.6) is 0 Å². The molecule has 1 aliphatic carbocycles. The molecule has 2 aromatic carbocycles. The van der Waals surface area contributed by atoms with Crippen molar-refractivity contribution in [3.05, 3.63) is 65.5 Å². The van der Waals surface area contributed by atoms with Gasteiger partial charge in [0.05, 0.1) is 6.20 Å². The highest BCUT2D eigenvalue weighted by Gasteiger charge is 2.29. The van der Waals surface area contributed by atoms with E-state index in [-0.39, 0.29) is 5.41 Å². The van der Waals surface area contributed by atoms with Crippen molar-refractivity contribution in [3.8, 4) is 22.3 Å². The summed E-state index contributed by atoms with van der Waals surface area (Å²) in [6, 6.07) is 13.8. The molecule has 2 nitrogen and oxygen atoms in total. The fourth-order valence-corrected chi connectivity index (χ4v) is 4.60. The third kappa shape index (κ3) is 4.24. The van der Waals surface area contributed by atoms with Crippen LogP contribution in [0.3, 0.4) is 0 Å². The normalized spacial score (nSPS) is 15.9. The molecule has 30 heavy (non-hydrogen) atoms. The highest BCUT2D eigenvalue weighted by molar-refractivity contribution is 5.91. The van der Waals surface area contributed by atoms with Crippen molar-refractivity contribution in [2.45, 2.75) is 73.8 Å². The van der Waals surface area contributed by atoms with Crippen molar-refractivity contribution in [2.75, 3.05) is 0 Å². The molecule has 1 atom stereocenters. The zero-order valence-corrected chi connectivity index (χ0v) is 19.7. The Morgan fingerprint density at radius 3 is 2.33 bits per heavy atom. The van der Waals surface area contributed by atoms with Crippen LogP contribution in [0.15, 0.2) is 48.8 Å². The van der Waals surface area contributed by atoms with E-state index in [4.69, 9.17) is 5.10 Å². The Hall–Kier alpha value is -2.35. The molecule has 158 valence electrons. The SMILES string of the molecule is CC1c2ccccc2-c2c(-c3cnn(CC(C)(C)C)c3)cc(CCC(C)(C)C)cc21. The predicted octanol–water partition coefficient (Wildman–Crippen LogP) is 7.71. The van der Waals surface area contributed by atoms with Gasteiger partial charge < -0.3 is 0 Å². The fraction of sp³-hybridized carbons (Fsp3) is 0.464. The van der Waals surface area contributed by atoms with Crippen molar-refractivity contribution < 1.29 is 0 Å². The minimum absolute atomic E-state index is 0.209. The monoisotopic (exact) mass is 400 g/mol. The molecule has 0 bridgehead atoms. The molecule has 3 aromatic rings. The lowest BCUT2D eigenvalue weighted by Gasteiger charge is -2.19. The number of benzene rings is 2. The van der Waals surface area contributed by atoms with E-state index in [9.17, 15) is 0 Å². The Bertz CT molecular complexity index is 1060. The van der Waals surface area contributed by atoms with Crippen molar-refractivity contribution in [1.82, 2.24) is 9.78 Å². The van der Waals surface area contributed by atoms with Gasteiger partial charge in [0.2, 0.25) is 0 Å². The van der Waals surface area contributed by atoms with Crippen molar-refractivity contribution in [2.24, 2.45) is 10.8 Å². The van der Waals surface area contributed by atoms with Crippen LogP contribution in [0.1, 0.15) is 77.5 Å². The van der Waals surface area contributed by atoms with Crippen LogP contribution in [0.4, 0.5) is 0 Å². The van der Waals surface area contributed by atoms with Crippen LogP contribution in [0.2, 0.25) is 0 Å². The predicted molar refractivity (Wildman–Crippen MR) is 128 cm³/mol. The summed E-state index contributed by atoms with van der Waals surface area (Å²) in [6.45, 7) is 17.0. The lowest BCUT2D eigenvalue weighted by Crippen LogP contribution is -2.15. The summed E-state index contributed by atoms with van der Waals surface area (Å²) >= 11 is 0. The van der Waals surface area contributed by atoms with Gasteiger partial charge in [0.25, 0.3) is 0 Å². The molecule has 4 rings (SSSR count). The van der Waals surface area contributed by atoms with Crippen LogP contribution >= 0.6 is 0 Å². The molecular formula is C28H36N2. The van der Waals surface area contributed by atoms with E-state index in [1.807, 2.05) is 0 Å². The Morgan fingerprint density at radius 1 is 0.900 bits per heavy atom. The smallest absolute Gasteiger partial charge is 0.0568 e. The minimum Gasteiger partial charge on any atom is -0.272 e. The van der Waals surface area contributed by atoms with E-state index >= 15 is 0 Å². The topological polar surface area (TPSA) is 17.8 Å². The summed E-state index contributed by atoms with van der Waals surface area (Å²) in [5.41, 5.74) is 10.3. The van der Waals surface area contributed by atoms with Crippen molar-refractivity contribution in [3.63, 3.8) is 0 Å². The standard InChI is InChI=1S/C28H36N2/c1-19-22-10-8-9-11-23(22)26-24(19)14-20(12-13-27(2,3)4)15-25(26)21-16-29-30(17-21)18-28(5,6)7/h8-11,14-17,19H,12-13,18H2,1-7H3. The first-order valence-electron chi connectivity index (χ1n) is 11.3. The van der Waals surface area contributed by atoms with Gasteiger partial charge in [0, 0.05) is 24.2 Å². The number of hydrogen-bond donors (Lipinski definition) is 0. The first-order valence-corrected chi connectivity index (χ1v) is 11.3. The van der Waals surface area contributed by atoms with Gasteiger partial charge in [0.15, 0.2) is 0 Å². The molecule has 0 aliphatic heterocycles. The molecule has 2 heteroatoms. The van der Waals surface area contributed by atoms with E-state index in [1.54, 1.807) is 0 Å². The molecule has 0 fully saturated rings. The van der Waals surface area contributed by atoms with Gasteiger partial charge in [0.1, 0.15) is 0 Å². The maximum atomic E-state index is 4.71. The maximum absolute atomic E-state index is 4.71. The van der Waals surface area contributed by atoms with Crippen LogP contribution in [-0.2, 0) is 13.0 Å². The summed E-state index contributed by atoms with van der Waals surface area (Å²) < 4.78 is 2.10. The van der Waals surface area contributed by atoms with Gasteiger partial charge in [-0.05, 0) is 57.1 Å². The molecule has 1 heterocycles. The van der Waals surface area contributed by atoms with Gasteiger partial charge in [-0.15, -0.1) is 0 Å². The van der Waals surface area contributed by atoms with Gasteiger partial charge in [-0.2, -0.15) is 5.10 Å². The largest absolute Gasteiger partial charge is 0.272 e. The minimum atomic E-state index is 0.209. The van der Waals surface area contributed by atoms with Crippen LogP contribution in [0.25, 0.3) is 22.3 Å². The van der Waals surface area contributed by atoms with Crippen LogP contribution in [-0.4, -0.2) is 9.78 Å². The summed E-state index contributed by atoms with van der Waals surface area (Å²) in [5, 5.41) is 4.71. The molecular weight excluding hydrogens is 364 g/mol. The van der Waals surface area contributed by atoms with Gasteiger partial charge in [-0.3, -0.25) is 4.68 Å². The number of nitrogens with zero attached hydrogens (tertiary/aromatic N) is 2. The highest BCUT2D eigenvalue weighted by Crippen LogP contribution is 2.49. The average molecular weight is 401 g/mol. The Kier molecular flexibility index (Phi) is 5.16. The second-order valence-electron chi connectivity index (χ2n) is 11.5. The highest BCUT2D eigenvalue weighted by atomic mass is 15.3. The Labute approximate surface area is 182 Å². The average Bonchev–Trinajstić information content (AvgIpc) is 3.21. The first kappa shape index (κ1) is 20.9. The third-order valence-corrected chi connectivity index (χ3v) is 6.14. The molecule has 1 unspecified atom stereocenters. The lowest BCUT2D eigenvalue weighted by atomic mass is 9.86. The lowest BCUT2D eigenvalue weighted by molar-refractivity contribution is 0.325. The maximum Gasteiger partial charge on any atom is 0.0568 e. The van der Waals surface area contributed by atoms with E-state index in [2.05, 4.69) is 102 Å². The van der Waals surface area contributed by atoms with E-state index in [0.717, 1.165) is 13.0 Å². The van der Waals surface area contributed by atoms with Crippen LogP contribution < -0.4 is 0 Å². The van der Waals surface area contributed by atoms with Crippen molar-refractivity contribution in [1.29, 1.82) is 0 Å². The zero-order valence-electron chi connectivity index (χ0n) is 19.7. The number of rotatable bonds is 4. The number of fused-ring (bicyclic) bond motifs is 3. The van der Waals surface area contributed by atoms with Gasteiger partial charge in [-0.25, -0.2) is 0 Å². The van der Waals surface area contributed by atoms with Gasteiger partial charge in [-0.1, -0.05) is 84.9 Å². The van der Waals surface area contributed by atoms with E-state index in [0.29, 0.717) is 11.3 Å². The van der Waals surface area contributed by atoms with Crippen molar-refractivity contribution >= 4 is 0 Å². The molecule has 1 aliphatic rings. The van der Waals surface area contributed by atoms with Gasteiger partial charge >= 0.3 is 0 Å². The Morgan fingerprint density at radius 2 is 1.63 bits per heavy atom. The molecule has 0 amide bonds. The molecule has 0 radical (unpaired) electrons. The number of aryl methyl sites for hydroxylation is 1. The Balaban J connectivity index is 1.83. The molecule has 1 aromatic heterocycles. The second kappa shape index (κ2) is 7.41. The molecule has 0 N–H and O–H groups in total. The van der Waals surface area contributed by atoms with E-state index < -0.39 is 0 Å². The second-order valence-corrected chi connectivity index (χ2v) is 11.5. The summed E-state index contributed by atoms with van der Waals surface area (Å²) in [4.78, 5) is 0. The van der Waals surface area contributed by atoms with E-state index in [1.165, 1.54) is 45.4 Å². The summed E-state index contributed by atoms with van der Waals surface area (Å²) in [6.07, 6.45) is 6.60.